The smallest absolute Gasteiger partial charge is 0.326 e. The van der Waals surface area contributed by atoms with E-state index >= 15 is 0 Å². The first-order valence-corrected chi connectivity index (χ1v) is 8.38. The first kappa shape index (κ1) is 16.3. The Bertz CT molecular complexity index is 924. The highest BCUT2D eigenvalue weighted by atomic mass is 32.1. The van der Waals surface area contributed by atoms with Gasteiger partial charge in [0.2, 0.25) is 0 Å². The van der Waals surface area contributed by atoms with Crippen molar-refractivity contribution in [1.82, 2.24) is 4.57 Å². The largest absolute Gasteiger partial charge is 0.497 e. The van der Waals surface area contributed by atoms with Crippen molar-refractivity contribution in [1.29, 1.82) is 0 Å². The molecular formula is C18H17NO4S. The summed E-state index contributed by atoms with van der Waals surface area (Å²) in [4.78, 5) is 24.0. The average Bonchev–Trinajstić information content (AvgIpc) is 2.91. The molecule has 0 aliphatic heterocycles. The fraction of sp³-hybridized carbons (Fsp3) is 0.222. The van der Waals surface area contributed by atoms with Gasteiger partial charge in [-0.2, -0.15) is 0 Å². The van der Waals surface area contributed by atoms with E-state index in [-0.39, 0.29) is 11.4 Å². The van der Waals surface area contributed by atoms with Gasteiger partial charge in [0.05, 0.1) is 23.9 Å². The monoisotopic (exact) mass is 343 g/mol. The van der Waals surface area contributed by atoms with E-state index in [1.807, 2.05) is 42.5 Å². The van der Waals surface area contributed by atoms with E-state index in [1.54, 1.807) is 14.0 Å². The number of aromatic nitrogens is 1. The third kappa shape index (κ3) is 3.05. The quantitative estimate of drug-likeness (QED) is 0.667. The van der Waals surface area contributed by atoms with Crippen molar-refractivity contribution in [3.05, 3.63) is 52.1 Å². The van der Waals surface area contributed by atoms with E-state index in [0.29, 0.717) is 6.61 Å². The molecule has 1 aromatic heterocycles. The molecule has 0 unspecified atom stereocenters. The molecule has 2 aromatic carbocycles. The lowest BCUT2D eigenvalue weighted by Gasteiger charge is -2.09. The van der Waals surface area contributed by atoms with Gasteiger partial charge in [0, 0.05) is 5.56 Å². The van der Waals surface area contributed by atoms with Gasteiger partial charge >= 0.3 is 10.8 Å². The summed E-state index contributed by atoms with van der Waals surface area (Å²) in [6.45, 7) is 1.95. The maximum absolute atomic E-state index is 12.3. The Morgan fingerprint density at radius 3 is 2.58 bits per heavy atom. The van der Waals surface area contributed by atoms with Crippen molar-refractivity contribution in [3.8, 4) is 16.9 Å². The van der Waals surface area contributed by atoms with Gasteiger partial charge in [-0.25, -0.2) is 0 Å². The van der Waals surface area contributed by atoms with E-state index in [0.717, 1.165) is 38.4 Å². The minimum absolute atomic E-state index is 0.0835. The van der Waals surface area contributed by atoms with Gasteiger partial charge in [0.25, 0.3) is 0 Å². The molecular weight excluding hydrogens is 326 g/mol. The van der Waals surface area contributed by atoms with E-state index in [9.17, 15) is 9.59 Å². The van der Waals surface area contributed by atoms with Crippen LogP contribution in [0.2, 0.25) is 0 Å². The molecule has 0 amide bonds. The number of carbonyl (C=O) groups excluding carboxylic acids is 1. The Balaban J connectivity index is 2.14. The number of hydrogen-bond donors (Lipinski definition) is 0. The molecule has 0 radical (unpaired) electrons. The molecule has 0 aliphatic rings. The second kappa shape index (κ2) is 6.88. The van der Waals surface area contributed by atoms with E-state index in [1.165, 1.54) is 4.57 Å². The predicted molar refractivity (Wildman–Crippen MR) is 94.7 cm³/mol. The molecule has 0 bridgehead atoms. The van der Waals surface area contributed by atoms with Crippen molar-refractivity contribution in [2.24, 2.45) is 0 Å². The summed E-state index contributed by atoms with van der Waals surface area (Å²) in [7, 11) is 1.62. The summed E-state index contributed by atoms with van der Waals surface area (Å²) in [6, 6.07) is 13.3. The molecule has 1 heterocycles. The Morgan fingerprint density at radius 2 is 1.92 bits per heavy atom. The first-order chi connectivity index (χ1) is 11.6. The Morgan fingerprint density at radius 1 is 1.17 bits per heavy atom. The number of methoxy groups -OCH3 is 1. The molecule has 0 N–H and O–H groups in total. The number of fused-ring (bicyclic) bond motifs is 1. The van der Waals surface area contributed by atoms with Crippen molar-refractivity contribution >= 4 is 27.5 Å². The standard InChI is InChI=1S/C18H17NO4S/c1-3-23-16(20)11-19-17-14(5-4-6-15(17)24-18(19)21)12-7-9-13(22-2)10-8-12/h4-10H,3,11H2,1-2H3. The molecule has 0 atom stereocenters. The minimum Gasteiger partial charge on any atom is -0.497 e. The lowest BCUT2D eigenvalue weighted by atomic mass is 10.0. The summed E-state index contributed by atoms with van der Waals surface area (Å²) in [5.74, 6) is 0.351. The predicted octanol–water partition coefficient (Wildman–Crippen LogP) is 3.30. The highest BCUT2D eigenvalue weighted by molar-refractivity contribution is 7.16. The number of nitrogens with zero attached hydrogens (tertiary/aromatic N) is 1. The van der Waals surface area contributed by atoms with Gasteiger partial charge in [0.1, 0.15) is 12.3 Å². The summed E-state index contributed by atoms with van der Waals surface area (Å²) >= 11 is 1.13. The number of hydrogen-bond acceptors (Lipinski definition) is 5. The number of ether oxygens (including phenoxy) is 2. The van der Waals surface area contributed by atoms with Crippen LogP contribution in [-0.4, -0.2) is 24.3 Å². The summed E-state index contributed by atoms with van der Waals surface area (Å²) < 4.78 is 12.5. The second-order valence-corrected chi connectivity index (χ2v) is 6.13. The normalized spacial score (nSPS) is 10.8. The molecule has 24 heavy (non-hydrogen) atoms. The zero-order chi connectivity index (χ0) is 17.1. The van der Waals surface area contributed by atoms with E-state index in [4.69, 9.17) is 9.47 Å². The molecule has 5 nitrogen and oxygen atoms in total. The molecule has 3 rings (SSSR count). The number of para-hydroxylation sites is 1. The van der Waals surface area contributed by atoms with Crippen LogP contribution in [0.1, 0.15) is 6.92 Å². The third-order valence-electron chi connectivity index (χ3n) is 3.68. The highest BCUT2D eigenvalue weighted by Crippen LogP contribution is 2.31. The van der Waals surface area contributed by atoms with Crippen molar-refractivity contribution in [2.45, 2.75) is 13.5 Å². The van der Waals surface area contributed by atoms with Crippen LogP contribution < -0.4 is 9.61 Å². The average molecular weight is 343 g/mol. The lowest BCUT2D eigenvalue weighted by molar-refractivity contribution is -0.143. The number of carbonyl (C=O) groups is 1. The van der Waals surface area contributed by atoms with Gasteiger partial charge in [-0.15, -0.1) is 0 Å². The molecule has 0 aliphatic carbocycles. The maximum Gasteiger partial charge on any atom is 0.326 e. The van der Waals surface area contributed by atoms with Crippen LogP contribution in [-0.2, 0) is 16.1 Å². The maximum atomic E-state index is 12.3. The Hall–Kier alpha value is -2.60. The second-order valence-electron chi connectivity index (χ2n) is 5.14. The SMILES string of the molecule is CCOC(=O)Cn1c(=O)sc2cccc(-c3ccc(OC)cc3)c21. The summed E-state index contributed by atoms with van der Waals surface area (Å²) in [5.41, 5.74) is 2.61. The van der Waals surface area contributed by atoms with Gasteiger partial charge in [-0.3, -0.25) is 14.2 Å². The van der Waals surface area contributed by atoms with Crippen LogP contribution in [0.3, 0.4) is 0 Å². The van der Waals surface area contributed by atoms with Gasteiger partial charge in [-0.05, 0) is 30.7 Å². The fourth-order valence-electron chi connectivity index (χ4n) is 2.61. The van der Waals surface area contributed by atoms with Gasteiger partial charge in [0.15, 0.2) is 0 Å². The van der Waals surface area contributed by atoms with Crippen LogP contribution in [0.5, 0.6) is 5.75 Å². The minimum atomic E-state index is -0.413. The number of esters is 1. The molecule has 124 valence electrons. The number of benzene rings is 2. The zero-order valence-electron chi connectivity index (χ0n) is 13.4. The highest BCUT2D eigenvalue weighted by Gasteiger charge is 2.15. The van der Waals surface area contributed by atoms with Gasteiger partial charge in [-0.1, -0.05) is 35.6 Å². The zero-order valence-corrected chi connectivity index (χ0v) is 14.3. The molecule has 0 fully saturated rings. The van der Waals surface area contributed by atoms with Crippen LogP contribution in [0, 0.1) is 0 Å². The summed E-state index contributed by atoms with van der Waals surface area (Å²) in [5, 5.41) is 0. The topological polar surface area (TPSA) is 57.5 Å². The number of thiazole rings is 1. The van der Waals surface area contributed by atoms with Crippen molar-refractivity contribution in [3.63, 3.8) is 0 Å². The number of rotatable bonds is 5. The fourth-order valence-corrected chi connectivity index (χ4v) is 3.52. The molecule has 0 saturated heterocycles. The Labute approximate surface area is 143 Å². The van der Waals surface area contributed by atoms with Crippen LogP contribution >= 0.6 is 11.3 Å². The van der Waals surface area contributed by atoms with E-state index < -0.39 is 5.97 Å². The molecule has 3 aromatic rings. The Kier molecular flexibility index (Phi) is 4.66. The van der Waals surface area contributed by atoms with Crippen LogP contribution in [0.15, 0.2) is 47.3 Å². The third-order valence-corrected chi connectivity index (χ3v) is 4.62. The summed E-state index contributed by atoms with van der Waals surface area (Å²) in [6.07, 6.45) is 0. The van der Waals surface area contributed by atoms with E-state index in [2.05, 4.69) is 0 Å². The molecule has 0 spiro atoms. The lowest BCUT2D eigenvalue weighted by Crippen LogP contribution is -2.21. The van der Waals surface area contributed by atoms with Crippen molar-refractivity contribution < 1.29 is 14.3 Å². The van der Waals surface area contributed by atoms with Crippen molar-refractivity contribution in [2.75, 3.05) is 13.7 Å². The molecule has 0 saturated carbocycles. The van der Waals surface area contributed by atoms with Crippen LogP contribution in [0.25, 0.3) is 21.3 Å². The van der Waals surface area contributed by atoms with Crippen LogP contribution in [0.4, 0.5) is 0 Å². The van der Waals surface area contributed by atoms with Gasteiger partial charge < -0.3 is 9.47 Å². The first-order valence-electron chi connectivity index (χ1n) is 7.56. The molecule has 6 heteroatoms.